The molecule has 2 aromatic carbocycles. The molecule has 0 aliphatic rings. The monoisotopic (exact) mass is 380 g/mol. The van der Waals surface area contributed by atoms with Crippen LogP contribution >= 0.6 is 0 Å². The van der Waals surface area contributed by atoms with Gasteiger partial charge in [-0.1, -0.05) is 48.0 Å². The van der Waals surface area contributed by atoms with E-state index in [1.807, 2.05) is 30.3 Å². The van der Waals surface area contributed by atoms with Crippen molar-refractivity contribution in [2.45, 2.75) is 13.5 Å². The number of nitrogens with one attached hydrogen (secondary N) is 1. The zero-order chi connectivity index (χ0) is 19.6. The van der Waals surface area contributed by atoms with E-state index < -0.39 is 0 Å². The molecule has 5 nitrogen and oxygen atoms in total. The molecule has 1 N–H and O–H groups in total. The first-order valence-electron chi connectivity index (χ1n) is 9.54. The van der Waals surface area contributed by atoms with Crippen molar-refractivity contribution in [1.29, 1.82) is 0 Å². The predicted octanol–water partition coefficient (Wildman–Crippen LogP) is 5.60. The molecule has 0 saturated heterocycles. The smallest absolute Gasteiger partial charge is 0.150 e. The number of furan rings is 1. The number of aromatic nitrogens is 3. The Morgan fingerprint density at radius 3 is 2.52 bits per heavy atom. The van der Waals surface area contributed by atoms with Crippen LogP contribution in [-0.4, -0.2) is 14.5 Å². The Labute approximate surface area is 168 Å². The topological polar surface area (TPSA) is 55.9 Å². The van der Waals surface area contributed by atoms with Gasteiger partial charge in [0.25, 0.3) is 0 Å². The number of aryl methyl sites for hydroxylation is 1. The van der Waals surface area contributed by atoms with E-state index in [1.54, 1.807) is 12.6 Å². The largest absolute Gasteiger partial charge is 0.467 e. The molecule has 0 aliphatic carbocycles. The van der Waals surface area contributed by atoms with Gasteiger partial charge in [-0.15, -0.1) is 0 Å². The van der Waals surface area contributed by atoms with Gasteiger partial charge in [-0.25, -0.2) is 9.97 Å². The van der Waals surface area contributed by atoms with Crippen LogP contribution in [0, 0.1) is 6.92 Å². The number of fused-ring (bicyclic) bond motifs is 1. The first kappa shape index (κ1) is 17.3. The molecule has 29 heavy (non-hydrogen) atoms. The van der Waals surface area contributed by atoms with Crippen molar-refractivity contribution in [3.05, 3.63) is 96.8 Å². The van der Waals surface area contributed by atoms with Crippen molar-refractivity contribution in [2.75, 3.05) is 5.32 Å². The van der Waals surface area contributed by atoms with Gasteiger partial charge in [0.1, 0.15) is 17.9 Å². The van der Waals surface area contributed by atoms with Gasteiger partial charge in [-0.3, -0.25) is 0 Å². The fourth-order valence-corrected chi connectivity index (χ4v) is 3.52. The van der Waals surface area contributed by atoms with Crippen LogP contribution in [0.15, 0.2) is 89.9 Å². The SMILES string of the molecule is Cc1ccc(-n2cc(-c3ccccc3)c3c(NCc4ccco4)ncnc32)cc1. The summed E-state index contributed by atoms with van der Waals surface area (Å²) in [6, 6.07) is 22.6. The van der Waals surface area contributed by atoms with Crippen molar-refractivity contribution >= 4 is 16.9 Å². The minimum atomic E-state index is 0.559. The average molecular weight is 380 g/mol. The Hall–Kier alpha value is -3.86. The van der Waals surface area contributed by atoms with Gasteiger partial charge in [0.05, 0.1) is 18.2 Å². The summed E-state index contributed by atoms with van der Waals surface area (Å²) in [5, 5.41) is 4.41. The summed E-state index contributed by atoms with van der Waals surface area (Å²) in [5.41, 5.74) is 5.37. The molecule has 0 aliphatic heterocycles. The highest BCUT2D eigenvalue weighted by atomic mass is 16.3. The third-order valence-corrected chi connectivity index (χ3v) is 4.99. The van der Waals surface area contributed by atoms with Crippen molar-refractivity contribution in [1.82, 2.24) is 14.5 Å². The molecule has 0 bridgehead atoms. The summed E-state index contributed by atoms with van der Waals surface area (Å²) in [4.78, 5) is 9.16. The Bertz CT molecular complexity index is 1240. The molecular weight excluding hydrogens is 360 g/mol. The highest BCUT2D eigenvalue weighted by molar-refractivity contribution is 6.02. The predicted molar refractivity (Wildman–Crippen MR) is 115 cm³/mol. The molecule has 5 heteroatoms. The maximum Gasteiger partial charge on any atom is 0.150 e. The minimum Gasteiger partial charge on any atom is -0.467 e. The molecule has 0 unspecified atom stereocenters. The second-order valence-corrected chi connectivity index (χ2v) is 6.97. The number of hydrogen-bond donors (Lipinski definition) is 1. The number of anilines is 1. The van der Waals surface area contributed by atoms with Crippen molar-refractivity contribution in [3.8, 4) is 16.8 Å². The maximum atomic E-state index is 5.46. The van der Waals surface area contributed by atoms with E-state index in [0.29, 0.717) is 6.54 Å². The standard InChI is InChI=1S/C24H20N4O/c1-17-9-11-19(12-10-17)28-15-21(18-6-3-2-4-7-18)22-23(26-16-27-24(22)28)25-14-20-8-5-13-29-20/h2-13,15-16H,14H2,1H3,(H,25,26,27). The molecule has 3 aromatic heterocycles. The summed E-state index contributed by atoms with van der Waals surface area (Å²) in [6.07, 6.45) is 5.42. The first-order chi connectivity index (χ1) is 14.3. The molecule has 0 fully saturated rings. The van der Waals surface area contributed by atoms with E-state index in [4.69, 9.17) is 4.42 Å². The van der Waals surface area contributed by atoms with Crippen LogP contribution in [0.4, 0.5) is 5.82 Å². The first-order valence-corrected chi connectivity index (χ1v) is 9.54. The molecule has 142 valence electrons. The average Bonchev–Trinajstić information content (AvgIpc) is 3.42. The van der Waals surface area contributed by atoms with Gasteiger partial charge in [-0.05, 0) is 36.8 Å². The van der Waals surface area contributed by atoms with E-state index in [1.165, 1.54) is 5.56 Å². The molecule has 0 saturated carbocycles. The number of hydrogen-bond acceptors (Lipinski definition) is 4. The molecule has 0 atom stereocenters. The summed E-state index contributed by atoms with van der Waals surface area (Å²) >= 11 is 0. The number of benzene rings is 2. The zero-order valence-corrected chi connectivity index (χ0v) is 16.0. The van der Waals surface area contributed by atoms with Crippen LogP contribution in [0.25, 0.3) is 27.8 Å². The Morgan fingerprint density at radius 2 is 1.76 bits per heavy atom. The highest BCUT2D eigenvalue weighted by Gasteiger charge is 2.17. The molecule has 0 spiro atoms. The third kappa shape index (κ3) is 3.27. The molecule has 0 radical (unpaired) electrons. The van der Waals surface area contributed by atoms with Crippen LogP contribution in [0.3, 0.4) is 0 Å². The second-order valence-electron chi connectivity index (χ2n) is 6.97. The third-order valence-electron chi connectivity index (χ3n) is 4.99. The van der Waals surface area contributed by atoms with E-state index in [9.17, 15) is 0 Å². The highest BCUT2D eigenvalue weighted by Crippen LogP contribution is 2.35. The van der Waals surface area contributed by atoms with Gasteiger partial charge in [0, 0.05) is 17.4 Å². The van der Waals surface area contributed by atoms with Gasteiger partial charge in [0.15, 0.2) is 5.65 Å². The fraction of sp³-hybridized carbons (Fsp3) is 0.0833. The lowest BCUT2D eigenvalue weighted by atomic mass is 10.1. The lowest BCUT2D eigenvalue weighted by Crippen LogP contribution is -2.02. The molecule has 5 rings (SSSR count). The summed E-state index contributed by atoms with van der Waals surface area (Å²) in [7, 11) is 0. The lowest BCUT2D eigenvalue weighted by molar-refractivity contribution is 0.518. The van der Waals surface area contributed by atoms with Crippen LogP contribution in [0.1, 0.15) is 11.3 Å². The van der Waals surface area contributed by atoms with Crippen LogP contribution in [-0.2, 0) is 6.54 Å². The van der Waals surface area contributed by atoms with Gasteiger partial charge in [0.2, 0.25) is 0 Å². The number of rotatable bonds is 5. The van der Waals surface area contributed by atoms with E-state index in [-0.39, 0.29) is 0 Å². The summed E-state index contributed by atoms with van der Waals surface area (Å²) in [5.74, 6) is 1.65. The quantitative estimate of drug-likeness (QED) is 0.431. The van der Waals surface area contributed by atoms with Crippen molar-refractivity contribution in [2.24, 2.45) is 0 Å². The summed E-state index contributed by atoms with van der Waals surface area (Å²) in [6.45, 7) is 2.65. The van der Waals surface area contributed by atoms with E-state index in [2.05, 4.69) is 69.4 Å². The van der Waals surface area contributed by atoms with Crippen molar-refractivity contribution in [3.63, 3.8) is 0 Å². The maximum absolute atomic E-state index is 5.46. The van der Waals surface area contributed by atoms with Crippen LogP contribution in [0.5, 0.6) is 0 Å². The second kappa shape index (κ2) is 7.28. The molecule has 3 heterocycles. The lowest BCUT2D eigenvalue weighted by Gasteiger charge is -2.08. The number of nitrogens with zero attached hydrogens (tertiary/aromatic N) is 3. The van der Waals surface area contributed by atoms with Crippen LogP contribution in [0.2, 0.25) is 0 Å². The van der Waals surface area contributed by atoms with Gasteiger partial charge >= 0.3 is 0 Å². The Kier molecular flexibility index (Phi) is 4.33. The van der Waals surface area contributed by atoms with E-state index >= 15 is 0 Å². The van der Waals surface area contributed by atoms with Gasteiger partial charge < -0.3 is 14.3 Å². The van der Waals surface area contributed by atoms with Crippen molar-refractivity contribution < 1.29 is 4.42 Å². The van der Waals surface area contributed by atoms with E-state index in [0.717, 1.165) is 39.4 Å². The molecule has 0 amide bonds. The minimum absolute atomic E-state index is 0.559. The Morgan fingerprint density at radius 1 is 0.931 bits per heavy atom. The Balaban J connectivity index is 1.69. The normalized spacial score (nSPS) is 11.1. The molecular formula is C24H20N4O. The van der Waals surface area contributed by atoms with Crippen LogP contribution < -0.4 is 5.32 Å². The summed E-state index contributed by atoms with van der Waals surface area (Å²) < 4.78 is 7.58. The van der Waals surface area contributed by atoms with Gasteiger partial charge in [-0.2, -0.15) is 0 Å². The molecule has 5 aromatic rings. The fourth-order valence-electron chi connectivity index (χ4n) is 3.52. The zero-order valence-electron chi connectivity index (χ0n) is 16.0.